The molecule has 4 nitrogen and oxygen atoms in total. The summed E-state index contributed by atoms with van der Waals surface area (Å²) in [5, 5.41) is 9.09. The lowest BCUT2D eigenvalue weighted by Crippen LogP contribution is -2.51. The highest BCUT2D eigenvalue weighted by Gasteiger charge is 2.53. The van der Waals surface area contributed by atoms with Crippen LogP contribution in [0.3, 0.4) is 0 Å². The summed E-state index contributed by atoms with van der Waals surface area (Å²) in [4.78, 5) is 14.8. The highest BCUT2D eigenvalue weighted by atomic mass is 16.6. The number of benzene rings is 1. The molecular weight excluding hydrogens is 336 g/mol. The highest BCUT2D eigenvalue weighted by molar-refractivity contribution is 5.69. The van der Waals surface area contributed by atoms with Gasteiger partial charge >= 0.3 is 6.09 Å². The molecule has 3 aliphatic rings. The van der Waals surface area contributed by atoms with Gasteiger partial charge in [0.25, 0.3) is 0 Å². The molecule has 0 N–H and O–H groups in total. The van der Waals surface area contributed by atoms with Gasteiger partial charge in [-0.05, 0) is 94.2 Å². The lowest BCUT2D eigenvalue weighted by Gasteiger charge is -2.55. The Morgan fingerprint density at radius 3 is 2.37 bits per heavy atom. The van der Waals surface area contributed by atoms with Gasteiger partial charge in [-0.2, -0.15) is 5.26 Å². The molecule has 0 radical (unpaired) electrons. The molecule has 1 aromatic carbocycles. The molecule has 1 aliphatic heterocycles. The number of nitrogens with zero attached hydrogens (tertiary/aromatic N) is 2. The van der Waals surface area contributed by atoms with Crippen LogP contribution in [0, 0.1) is 28.6 Å². The molecule has 1 aromatic rings. The number of carbonyl (C=O) groups is 1. The Labute approximate surface area is 162 Å². The number of piperidine rings is 1. The predicted molar refractivity (Wildman–Crippen MR) is 104 cm³/mol. The van der Waals surface area contributed by atoms with Crippen molar-refractivity contribution in [1.82, 2.24) is 4.90 Å². The second kappa shape index (κ2) is 6.55. The van der Waals surface area contributed by atoms with E-state index in [0.29, 0.717) is 11.0 Å². The number of nitriles is 1. The third kappa shape index (κ3) is 3.83. The molecule has 2 saturated carbocycles. The summed E-state index contributed by atoms with van der Waals surface area (Å²) in [5.41, 5.74) is 1.68. The summed E-state index contributed by atoms with van der Waals surface area (Å²) < 4.78 is 5.70. The van der Waals surface area contributed by atoms with Crippen molar-refractivity contribution in [2.24, 2.45) is 17.3 Å². The third-order valence-corrected chi connectivity index (χ3v) is 6.62. The van der Waals surface area contributed by atoms with Gasteiger partial charge in [-0.3, -0.25) is 0 Å². The lowest BCUT2D eigenvalue weighted by molar-refractivity contribution is -0.0564. The van der Waals surface area contributed by atoms with E-state index in [1.54, 1.807) is 0 Å². The van der Waals surface area contributed by atoms with Crippen molar-refractivity contribution in [3.63, 3.8) is 0 Å². The number of hydrogen-bond acceptors (Lipinski definition) is 3. The number of amides is 1. The fourth-order valence-electron chi connectivity index (χ4n) is 5.08. The van der Waals surface area contributed by atoms with Crippen LogP contribution in [-0.2, 0) is 4.74 Å². The van der Waals surface area contributed by atoms with Gasteiger partial charge in [0.15, 0.2) is 0 Å². The van der Waals surface area contributed by atoms with E-state index in [1.807, 2.05) is 49.9 Å². The third-order valence-electron chi connectivity index (χ3n) is 6.62. The standard InChI is InChI=1S/C23H30N2O2/c1-22(2,3)27-21(26)25-11-10-23(12-19(13-23)17-8-9-17)14-20(25)18-6-4-16(15-24)5-7-18/h4-7,17,19-20H,8-14H2,1-3H3/t19?,20-,23?/m0/s1. The van der Waals surface area contributed by atoms with Crippen LogP contribution in [0.5, 0.6) is 0 Å². The van der Waals surface area contributed by atoms with Crippen LogP contribution in [0.15, 0.2) is 24.3 Å². The van der Waals surface area contributed by atoms with E-state index in [4.69, 9.17) is 10.00 Å². The Balaban J connectivity index is 1.55. The maximum absolute atomic E-state index is 12.9. The molecule has 0 bridgehead atoms. The maximum Gasteiger partial charge on any atom is 0.410 e. The lowest BCUT2D eigenvalue weighted by atomic mass is 9.55. The summed E-state index contributed by atoms with van der Waals surface area (Å²) >= 11 is 0. The van der Waals surface area contributed by atoms with Crippen LogP contribution in [0.4, 0.5) is 4.79 Å². The minimum Gasteiger partial charge on any atom is -0.444 e. The van der Waals surface area contributed by atoms with E-state index in [9.17, 15) is 4.79 Å². The molecule has 1 atom stereocenters. The van der Waals surface area contributed by atoms with Gasteiger partial charge in [-0.25, -0.2) is 4.79 Å². The molecule has 1 saturated heterocycles. The van der Waals surface area contributed by atoms with E-state index in [-0.39, 0.29) is 12.1 Å². The smallest absolute Gasteiger partial charge is 0.410 e. The van der Waals surface area contributed by atoms with Crippen molar-refractivity contribution >= 4 is 6.09 Å². The fourth-order valence-corrected chi connectivity index (χ4v) is 5.08. The SMILES string of the molecule is CC(C)(C)OC(=O)N1CCC2(CC(C3CC3)C2)C[C@H]1c1ccc(C#N)cc1. The highest BCUT2D eigenvalue weighted by Crippen LogP contribution is 2.62. The first kappa shape index (κ1) is 18.3. The van der Waals surface area contributed by atoms with E-state index in [2.05, 4.69) is 6.07 Å². The molecule has 0 aromatic heterocycles. The van der Waals surface area contributed by atoms with Gasteiger partial charge in [0.2, 0.25) is 0 Å². The molecule has 4 rings (SSSR count). The zero-order valence-corrected chi connectivity index (χ0v) is 16.7. The van der Waals surface area contributed by atoms with Crippen molar-refractivity contribution in [3.05, 3.63) is 35.4 Å². The number of hydrogen-bond donors (Lipinski definition) is 0. The summed E-state index contributed by atoms with van der Waals surface area (Å²) in [7, 11) is 0. The summed E-state index contributed by atoms with van der Waals surface area (Å²) in [6.45, 7) is 6.51. The van der Waals surface area contributed by atoms with Gasteiger partial charge in [0, 0.05) is 6.54 Å². The van der Waals surface area contributed by atoms with Gasteiger partial charge in [0.05, 0.1) is 17.7 Å². The molecule has 4 heteroatoms. The minimum atomic E-state index is -0.491. The number of carbonyl (C=O) groups excluding carboxylic acids is 1. The molecule has 0 unspecified atom stereocenters. The largest absolute Gasteiger partial charge is 0.444 e. The Kier molecular flexibility index (Phi) is 4.45. The Morgan fingerprint density at radius 1 is 1.15 bits per heavy atom. The zero-order chi connectivity index (χ0) is 19.2. The van der Waals surface area contributed by atoms with Crippen LogP contribution in [0.1, 0.15) is 76.5 Å². The molecule has 3 fully saturated rings. The van der Waals surface area contributed by atoms with Gasteiger partial charge in [-0.15, -0.1) is 0 Å². The fraction of sp³-hybridized carbons (Fsp3) is 0.652. The van der Waals surface area contributed by atoms with Crippen molar-refractivity contribution in [2.45, 2.75) is 70.9 Å². The van der Waals surface area contributed by atoms with Crippen molar-refractivity contribution in [2.75, 3.05) is 6.54 Å². The zero-order valence-electron chi connectivity index (χ0n) is 16.7. The van der Waals surface area contributed by atoms with E-state index in [1.165, 1.54) is 25.7 Å². The van der Waals surface area contributed by atoms with E-state index < -0.39 is 5.60 Å². The maximum atomic E-state index is 12.9. The number of rotatable bonds is 2. The first-order valence-electron chi connectivity index (χ1n) is 10.3. The summed E-state index contributed by atoms with van der Waals surface area (Å²) in [5.74, 6) is 1.90. The van der Waals surface area contributed by atoms with Crippen LogP contribution >= 0.6 is 0 Å². The molecule has 1 heterocycles. The predicted octanol–water partition coefficient (Wildman–Crippen LogP) is 5.44. The molecule has 1 spiro atoms. The second-order valence-corrected chi connectivity index (χ2v) is 9.88. The van der Waals surface area contributed by atoms with Crippen LogP contribution in [-0.4, -0.2) is 23.1 Å². The van der Waals surface area contributed by atoms with Crippen LogP contribution in [0.2, 0.25) is 0 Å². The normalized spacial score (nSPS) is 30.5. The van der Waals surface area contributed by atoms with Crippen molar-refractivity contribution in [1.29, 1.82) is 5.26 Å². The van der Waals surface area contributed by atoms with E-state index in [0.717, 1.165) is 36.8 Å². The molecule has 2 aliphatic carbocycles. The van der Waals surface area contributed by atoms with Crippen molar-refractivity contribution in [3.8, 4) is 6.07 Å². The quantitative estimate of drug-likeness (QED) is 0.700. The summed E-state index contributed by atoms with van der Waals surface area (Å²) in [6.07, 6.45) is 7.38. The van der Waals surface area contributed by atoms with Gasteiger partial charge in [-0.1, -0.05) is 12.1 Å². The number of ether oxygens (including phenoxy) is 1. The average Bonchev–Trinajstić information content (AvgIpc) is 3.42. The molecular formula is C23H30N2O2. The molecule has 144 valence electrons. The van der Waals surface area contributed by atoms with Crippen LogP contribution < -0.4 is 0 Å². The topological polar surface area (TPSA) is 53.3 Å². The van der Waals surface area contributed by atoms with Crippen molar-refractivity contribution < 1.29 is 9.53 Å². The van der Waals surface area contributed by atoms with E-state index >= 15 is 0 Å². The molecule has 27 heavy (non-hydrogen) atoms. The van der Waals surface area contributed by atoms with Gasteiger partial charge < -0.3 is 9.64 Å². The first-order valence-corrected chi connectivity index (χ1v) is 10.3. The Hall–Kier alpha value is -2.02. The van der Waals surface area contributed by atoms with Gasteiger partial charge in [0.1, 0.15) is 5.60 Å². The average molecular weight is 367 g/mol. The summed E-state index contributed by atoms with van der Waals surface area (Å²) in [6, 6.07) is 9.96. The first-order chi connectivity index (χ1) is 12.8. The molecule has 1 amide bonds. The Bertz CT molecular complexity index is 746. The minimum absolute atomic E-state index is 0.0431. The second-order valence-electron chi connectivity index (χ2n) is 9.88. The monoisotopic (exact) mass is 366 g/mol. The Morgan fingerprint density at radius 2 is 1.81 bits per heavy atom. The number of likely N-dealkylation sites (tertiary alicyclic amines) is 1. The van der Waals surface area contributed by atoms with Crippen LogP contribution in [0.25, 0.3) is 0 Å².